The van der Waals surface area contributed by atoms with Crippen molar-refractivity contribution >= 4 is 25.8 Å². The van der Waals surface area contributed by atoms with Gasteiger partial charge in [0.1, 0.15) is 0 Å². The van der Waals surface area contributed by atoms with E-state index >= 15 is 0 Å². The molecule has 0 unspecified atom stereocenters. The molecule has 0 aliphatic rings. The minimum absolute atomic E-state index is 0.250. The zero-order valence-corrected chi connectivity index (χ0v) is 9.38. The second-order valence-corrected chi connectivity index (χ2v) is 5.50. The van der Waals surface area contributed by atoms with Gasteiger partial charge in [-0.15, -0.1) is 0 Å². The Balaban J connectivity index is 3.36. The molecule has 0 N–H and O–H groups in total. The molecule has 0 bridgehead atoms. The average molecular weight is 297 g/mol. The standard InChI is InChI=1S/C4H9O2.Pb.H/c1-4(5-2)6-3;;/h1-3H3;;. The molecule has 0 fully saturated rings. The summed E-state index contributed by atoms with van der Waals surface area (Å²) in [7, 11) is 3.31. The fourth-order valence-electron chi connectivity index (χ4n) is 0.0833. The van der Waals surface area contributed by atoms with E-state index in [0.717, 1.165) is 0 Å². The van der Waals surface area contributed by atoms with Crippen LogP contribution >= 0.6 is 0 Å². The zero-order chi connectivity index (χ0) is 5.91. The van der Waals surface area contributed by atoms with Crippen molar-refractivity contribution in [1.29, 1.82) is 0 Å². The molecule has 0 rings (SSSR count). The van der Waals surface area contributed by atoms with E-state index in [4.69, 9.17) is 9.47 Å². The molecule has 0 saturated carbocycles. The van der Waals surface area contributed by atoms with Gasteiger partial charge in [0, 0.05) is 0 Å². The van der Waals surface area contributed by atoms with Crippen LogP contribution in [0.2, 0.25) is 0 Å². The van der Waals surface area contributed by atoms with E-state index in [1.165, 1.54) is 0 Å². The Hall–Kier alpha value is 0.842. The molecule has 3 heteroatoms. The van der Waals surface area contributed by atoms with E-state index in [-0.39, 0.29) is 3.35 Å². The van der Waals surface area contributed by atoms with Gasteiger partial charge in [0.2, 0.25) is 0 Å². The summed E-state index contributed by atoms with van der Waals surface area (Å²) >= 11 is 0.715. The van der Waals surface area contributed by atoms with Crippen LogP contribution < -0.4 is 0 Å². The average Bonchev–Trinajstić information content (AvgIpc) is 1.68. The molecule has 0 aromatic carbocycles. The van der Waals surface area contributed by atoms with Crippen LogP contribution in [-0.4, -0.2) is 43.3 Å². The summed E-state index contributed by atoms with van der Waals surface area (Å²) in [6, 6.07) is 0. The normalized spacial score (nSPS) is 12.0. The molecule has 0 aliphatic carbocycles. The van der Waals surface area contributed by atoms with Crippen molar-refractivity contribution in [3.8, 4) is 0 Å². The van der Waals surface area contributed by atoms with Gasteiger partial charge in [-0.2, -0.15) is 0 Å². The van der Waals surface area contributed by atoms with Gasteiger partial charge in [-0.25, -0.2) is 0 Å². The quantitative estimate of drug-likeness (QED) is 0.521. The third-order valence-corrected chi connectivity index (χ3v) is 2.64. The van der Waals surface area contributed by atoms with Crippen molar-refractivity contribution in [2.24, 2.45) is 0 Å². The number of hydrogen-bond acceptors (Lipinski definition) is 2. The third kappa shape index (κ3) is 3.43. The summed E-state index contributed by atoms with van der Waals surface area (Å²) in [5, 5.41) is 0. The van der Waals surface area contributed by atoms with E-state index in [2.05, 4.69) is 0 Å². The Morgan fingerprint density at radius 1 is 1.29 bits per heavy atom. The fourth-order valence-corrected chi connectivity index (χ4v) is 0.0833. The van der Waals surface area contributed by atoms with E-state index in [1.807, 2.05) is 6.92 Å². The van der Waals surface area contributed by atoms with Crippen molar-refractivity contribution in [2.75, 3.05) is 14.2 Å². The van der Waals surface area contributed by atoms with Crippen molar-refractivity contribution in [1.82, 2.24) is 0 Å². The molecule has 7 heavy (non-hydrogen) atoms. The van der Waals surface area contributed by atoms with Crippen LogP contribution in [0.1, 0.15) is 6.92 Å². The first-order chi connectivity index (χ1) is 3.12. The second kappa shape index (κ2) is 2.99. The molecular weight excluding hydrogens is 287 g/mol. The Morgan fingerprint density at radius 2 is 1.57 bits per heavy atom. The monoisotopic (exact) mass is 298 g/mol. The molecule has 0 aliphatic heterocycles. The van der Waals surface area contributed by atoms with E-state index in [9.17, 15) is 0 Å². The van der Waals surface area contributed by atoms with Crippen LogP contribution in [0.25, 0.3) is 0 Å². The molecule has 42 valence electrons. The summed E-state index contributed by atoms with van der Waals surface area (Å²) in [5.41, 5.74) is 0. The number of hydrogen-bond donors (Lipinski definition) is 0. The summed E-state index contributed by atoms with van der Waals surface area (Å²) in [6.07, 6.45) is 0. The predicted molar refractivity (Wildman–Crippen MR) is 29.6 cm³/mol. The second-order valence-electron chi connectivity index (χ2n) is 1.42. The molecule has 0 aromatic heterocycles. The van der Waals surface area contributed by atoms with Crippen LogP contribution in [0.3, 0.4) is 0 Å². The molecule has 2 nitrogen and oxygen atoms in total. The van der Waals surface area contributed by atoms with Crippen LogP contribution in [0.4, 0.5) is 0 Å². The molecule has 0 aromatic rings. The van der Waals surface area contributed by atoms with Crippen LogP contribution in [-0.2, 0) is 9.47 Å². The number of methoxy groups -OCH3 is 2. The van der Waals surface area contributed by atoms with Gasteiger partial charge in [-0.05, 0) is 0 Å². The van der Waals surface area contributed by atoms with Crippen molar-refractivity contribution < 1.29 is 9.47 Å². The van der Waals surface area contributed by atoms with Gasteiger partial charge >= 0.3 is 59.7 Å². The number of ether oxygens (including phenoxy) is 2. The molecular formula is C4H10O2Pb. The maximum atomic E-state index is 4.94. The minimum atomic E-state index is -0.250. The number of rotatable bonds is 2. The van der Waals surface area contributed by atoms with Gasteiger partial charge in [-0.3, -0.25) is 0 Å². The van der Waals surface area contributed by atoms with Gasteiger partial charge in [-0.1, -0.05) is 0 Å². The van der Waals surface area contributed by atoms with Crippen molar-refractivity contribution in [2.45, 2.75) is 10.3 Å². The Bertz CT molecular complexity index is 47.7. The zero-order valence-electron chi connectivity index (χ0n) is 4.89. The first-order valence-corrected chi connectivity index (χ1v) is 4.26. The summed E-state index contributed by atoms with van der Waals surface area (Å²) < 4.78 is 9.63. The van der Waals surface area contributed by atoms with E-state index in [0.29, 0.717) is 25.8 Å². The van der Waals surface area contributed by atoms with Crippen LogP contribution in [0.5, 0.6) is 0 Å². The Morgan fingerprint density at radius 3 is 1.57 bits per heavy atom. The topological polar surface area (TPSA) is 18.5 Å². The van der Waals surface area contributed by atoms with Crippen LogP contribution in [0, 0.1) is 0 Å². The molecule has 2 radical (unpaired) electrons. The summed E-state index contributed by atoms with van der Waals surface area (Å²) in [6.45, 7) is 1.93. The fraction of sp³-hybridized carbons (Fsp3) is 1.00. The SMILES string of the molecule is CO[C](C)([PbH])OC. The van der Waals surface area contributed by atoms with E-state index < -0.39 is 0 Å². The van der Waals surface area contributed by atoms with Gasteiger partial charge in [0.25, 0.3) is 0 Å². The molecule has 0 amide bonds. The maximum absolute atomic E-state index is 4.94. The Kier molecular flexibility index (Phi) is 3.35. The molecule has 0 spiro atoms. The first kappa shape index (κ1) is 7.84. The van der Waals surface area contributed by atoms with E-state index in [1.54, 1.807) is 14.2 Å². The molecule has 0 heterocycles. The van der Waals surface area contributed by atoms with Crippen molar-refractivity contribution in [3.63, 3.8) is 0 Å². The summed E-state index contributed by atoms with van der Waals surface area (Å²) in [5.74, 6) is 0. The van der Waals surface area contributed by atoms with Crippen LogP contribution in [0.15, 0.2) is 0 Å². The first-order valence-electron chi connectivity index (χ1n) is 2.01. The Labute approximate surface area is 59.9 Å². The molecule has 0 atom stereocenters. The third-order valence-electron chi connectivity index (χ3n) is 0.811. The van der Waals surface area contributed by atoms with Gasteiger partial charge in [0.15, 0.2) is 0 Å². The van der Waals surface area contributed by atoms with Gasteiger partial charge in [0.05, 0.1) is 0 Å². The molecule has 0 saturated heterocycles. The predicted octanol–water partition coefficient (Wildman–Crippen LogP) is -0.146. The van der Waals surface area contributed by atoms with Gasteiger partial charge < -0.3 is 0 Å². The van der Waals surface area contributed by atoms with Crippen molar-refractivity contribution in [3.05, 3.63) is 0 Å². The summed E-state index contributed by atoms with van der Waals surface area (Å²) in [4.78, 5) is 0.